The van der Waals surface area contributed by atoms with Crippen molar-refractivity contribution in [3.63, 3.8) is 0 Å². The number of nitrogens with zero attached hydrogens (tertiary/aromatic N) is 2. The second kappa shape index (κ2) is 13.8. The monoisotopic (exact) mass is 652 g/mol. The third kappa shape index (κ3) is 8.62. The maximum absolute atomic E-state index is 13.5. The standard InChI is InChI=1S/C29H32Cl2F6N4O2/c30-13-26(42)39-22-10-18(15-41(16-22)23-7-2-5-20(12-23)29(35,36)37)24-8-3-9-40(27(43)14-31)17-25(24)38-21-6-1-4-19(11-21)28(32,33)34/h1-2,4-7,11-12,18,22,24-25,38H,3,8-10,13-17H2,(H,39,42)/t18?,22?,24?,25-/m0/s1. The highest BCUT2D eigenvalue weighted by atomic mass is 35.5. The van der Waals surface area contributed by atoms with E-state index in [0.717, 1.165) is 24.3 Å². The number of rotatable bonds is 7. The number of alkyl halides is 8. The van der Waals surface area contributed by atoms with Crippen molar-refractivity contribution >= 4 is 46.4 Å². The van der Waals surface area contributed by atoms with Crippen LogP contribution in [0.4, 0.5) is 37.7 Å². The van der Waals surface area contributed by atoms with Crippen molar-refractivity contribution in [3.8, 4) is 0 Å². The number of carbonyl (C=O) groups excluding carboxylic acids is 2. The Morgan fingerprint density at radius 3 is 2.21 bits per heavy atom. The van der Waals surface area contributed by atoms with Crippen LogP contribution in [0.1, 0.15) is 30.4 Å². The van der Waals surface area contributed by atoms with Gasteiger partial charge in [0.05, 0.1) is 11.1 Å². The van der Waals surface area contributed by atoms with Crippen molar-refractivity contribution in [1.29, 1.82) is 0 Å². The zero-order valence-electron chi connectivity index (χ0n) is 23.0. The van der Waals surface area contributed by atoms with E-state index in [9.17, 15) is 35.9 Å². The Bertz CT molecular complexity index is 1280. The number of carbonyl (C=O) groups is 2. The smallest absolute Gasteiger partial charge is 0.380 e. The largest absolute Gasteiger partial charge is 0.416 e. The number of anilines is 2. The van der Waals surface area contributed by atoms with Crippen LogP contribution in [-0.2, 0) is 21.9 Å². The third-order valence-corrected chi connectivity index (χ3v) is 8.49. The summed E-state index contributed by atoms with van der Waals surface area (Å²) in [5.41, 5.74) is -1.07. The molecule has 2 aromatic carbocycles. The minimum atomic E-state index is -4.55. The maximum atomic E-state index is 13.5. The molecule has 236 valence electrons. The number of nitrogens with one attached hydrogen (secondary N) is 2. The molecule has 43 heavy (non-hydrogen) atoms. The van der Waals surface area contributed by atoms with Crippen LogP contribution in [0.5, 0.6) is 0 Å². The fourth-order valence-corrected chi connectivity index (χ4v) is 6.37. The van der Waals surface area contributed by atoms with Gasteiger partial charge in [-0.05, 0) is 67.5 Å². The minimum Gasteiger partial charge on any atom is -0.380 e. The number of halogens is 8. The van der Waals surface area contributed by atoms with Crippen LogP contribution in [-0.4, -0.2) is 66.7 Å². The molecule has 0 aromatic heterocycles. The van der Waals surface area contributed by atoms with Crippen molar-refractivity contribution in [2.24, 2.45) is 11.8 Å². The molecule has 2 aromatic rings. The molecule has 2 N–H and O–H groups in total. The summed E-state index contributed by atoms with van der Waals surface area (Å²) in [7, 11) is 0. The summed E-state index contributed by atoms with van der Waals surface area (Å²) in [5.74, 6) is -1.69. The Balaban J connectivity index is 1.68. The molecular weight excluding hydrogens is 621 g/mol. The molecule has 2 aliphatic rings. The molecular formula is C29H32Cl2F6N4O2. The van der Waals surface area contributed by atoms with Crippen molar-refractivity contribution in [1.82, 2.24) is 10.2 Å². The molecule has 3 unspecified atom stereocenters. The predicted molar refractivity (Wildman–Crippen MR) is 153 cm³/mol. The summed E-state index contributed by atoms with van der Waals surface area (Å²) in [6, 6.07) is 8.79. The first-order valence-corrected chi connectivity index (χ1v) is 14.9. The number of hydrogen-bond acceptors (Lipinski definition) is 4. The zero-order valence-corrected chi connectivity index (χ0v) is 24.5. The molecule has 4 rings (SSSR count). The van der Waals surface area contributed by atoms with Gasteiger partial charge in [-0.15, -0.1) is 23.2 Å². The molecule has 0 spiro atoms. The second-order valence-corrected chi connectivity index (χ2v) is 11.5. The molecule has 2 aliphatic heterocycles. The van der Waals surface area contributed by atoms with Crippen molar-refractivity contribution < 1.29 is 35.9 Å². The summed E-state index contributed by atoms with van der Waals surface area (Å²) >= 11 is 11.6. The Labute approximate surface area is 255 Å². The zero-order chi connectivity index (χ0) is 31.4. The van der Waals surface area contributed by atoms with Gasteiger partial charge in [0, 0.05) is 49.6 Å². The van der Waals surface area contributed by atoms with Crippen molar-refractivity contribution in [2.75, 3.05) is 48.2 Å². The lowest BCUT2D eigenvalue weighted by Gasteiger charge is -2.44. The van der Waals surface area contributed by atoms with E-state index in [1.54, 1.807) is 15.9 Å². The van der Waals surface area contributed by atoms with E-state index in [0.29, 0.717) is 38.0 Å². The van der Waals surface area contributed by atoms with E-state index in [2.05, 4.69) is 10.6 Å². The Morgan fingerprint density at radius 2 is 1.56 bits per heavy atom. The van der Waals surface area contributed by atoms with Gasteiger partial charge in [0.25, 0.3) is 0 Å². The molecule has 0 aliphatic carbocycles. The van der Waals surface area contributed by atoms with Gasteiger partial charge in [-0.1, -0.05) is 12.1 Å². The summed E-state index contributed by atoms with van der Waals surface area (Å²) in [6.07, 6.45) is -7.46. The number of benzene rings is 2. The molecule has 0 saturated carbocycles. The van der Waals surface area contributed by atoms with Crippen molar-refractivity contribution in [3.05, 3.63) is 59.7 Å². The molecule has 0 bridgehead atoms. The third-order valence-electron chi connectivity index (χ3n) is 8.02. The van der Waals surface area contributed by atoms with Crippen LogP contribution < -0.4 is 15.5 Å². The van der Waals surface area contributed by atoms with Crippen LogP contribution in [0.3, 0.4) is 0 Å². The number of piperidine rings is 1. The summed E-state index contributed by atoms with van der Waals surface area (Å²) in [5, 5.41) is 6.09. The average molecular weight is 653 g/mol. The molecule has 2 amide bonds. The highest BCUT2D eigenvalue weighted by molar-refractivity contribution is 6.27. The summed E-state index contributed by atoms with van der Waals surface area (Å²) in [4.78, 5) is 28.2. The number of hydrogen-bond donors (Lipinski definition) is 2. The maximum Gasteiger partial charge on any atom is 0.416 e. The topological polar surface area (TPSA) is 64.7 Å². The number of amides is 2. The van der Waals surface area contributed by atoms with Gasteiger partial charge >= 0.3 is 12.4 Å². The van der Waals surface area contributed by atoms with Gasteiger partial charge < -0.3 is 20.4 Å². The molecule has 4 atom stereocenters. The number of likely N-dealkylation sites (tertiary alicyclic amines) is 1. The van der Waals surface area contributed by atoms with Gasteiger partial charge in [-0.2, -0.15) is 26.3 Å². The first-order chi connectivity index (χ1) is 20.3. The normalized spacial score (nSPS) is 23.4. The highest BCUT2D eigenvalue weighted by Crippen LogP contribution is 2.38. The van der Waals surface area contributed by atoms with Crippen LogP contribution in [0.15, 0.2) is 48.5 Å². The lowest BCUT2D eigenvalue weighted by molar-refractivity contribution is -0.138. The summed E-state index contributed by atoms with van der Waals surface area (Å²) < 4.78 is 81.0. The SMILES string of the molecule is O=C(CCl)NC1CC(C2CCCN(C(=O)CCl)C[C@@H]2Nc2cccc(C(F)(F)F)c2)CN(c2cccc(C(F)(F)F)c2)C1. The first-order valence-electron chi connectivity index (χ1n) is 13.8. The molecule has 2 heterocycles. The lowest BCUT2D eigenvalue weighted by atomic mass is 9.77. The van der Waals surface area contributed by atoms with E-state index in [1.807, 2.05) is 0 Å². The first kappa shape index (κ1) is 33.0. The van der Waals surface area contributed by atoms with E-state index >= 15 is 0 Å². The van der Waals surface area contributed by atoms with Crippen LogP contribution in [0.2, 0.25) is 0 Å². The Hall–Kier alpha value is -2.86. The molecule has 2 fully saturated rings. The highest BCUT2D eigenvalue weighted by Gasteiger charge is 2.40. The Kier molecular flexibility index (Phi) is 10.6. The van der Waals surface area contributed by atoms with Crippen LogP contribution in [0, 0.1) is 11.8 Å². The molecule has 2 saturated heterocycles. The molecule has 14 heteroatoms. The van der Waals surface area contributed by atoms with Gasteiger partial charge in [0.15, 0.2) is 0 Å². The van der Waals surface area contributed by atoms with E-state index in [4.69, 9.17) is 23.2 Å². The minimum absolute atomic E-state index is 0.172. The molecule has 0 radical (unpaired) electrons. The quantitative estimate of drug-likeness (QED) is 0.275. The van der Waals surface area contributed by atoms with Gasteiger partial charge in [-0.3, -0.25) is 9.59 Å². The summed E-state index contributed by atoms with van der Waals surface area (Å²) in [6.45, 7) is 1.16. The van der Waals surface area contributed by atoms with Gasteiger partial charge in [0.2, 0.25) is 11.8 Å². The van der Waals surface area contributed by atoms with Gasteiger partial charge in [-0.25, -0.2) is 0 Å². The van der Waals surface area contributed by atoms with Crippen LogP contribution in [0.25, 0.3) is 0 Å². The fourth-order valence-electron chi connectivity index (χ4n) is 6.12. The van der Waals surface area contributed by atoms with Gasteiger partial charge in [0.1, 0.15) is 11.8 Å². The lowest BCUT2D eigenvalue weighted by Crippen LogP contribution is -2.55. The Morgan fingerprint density at radius 1 is 0.884 bits per heavy atom. The van der Waals surface area contributed by atoms with E-state index in [-0.39, 0.29) is 48.3 Å². The second-order valence-electron chi connectivity index (χ2n) is 11.0. The van der Waals surface area contributed by atoms with Crippen molar-refractivity contribution in [2.45, 2.75) is 43.7 Å². The average Bonchev–Trinajstić information content (AvgIpc) is 3.18. The molecule has 6 nitrogen and oxygen atoms in total. The van der Waals surface area contributed by atoms with E-state index in [1.165, 1.54) is 18.2 Å². The van der Waals surface area contributed by atoms with E-state index < -0.39 is 41.5 Å². The predicted octanol–water partition coefficient (Wildman–Crippen LogP) is 6.23. The fraction of sp³-hybridized carbons (Fsp3) is 0.517. The van der Waals surface area contributed by atoms with Crippen LogP contribution >= 0.6 is 23.2 Å².